The van der Waals surface area contributed by atoms with Gasteiger partial charge in [0, 0.05) is 18.3 Å². The summed E-state index contributed by atoms with van der Waals surface area (Å²) in [5.74, 6) is 1.34. The fourth-order valence-electron chi connectivity index (χ4n) is 5.38. The molecule has 3 aliphatic rings. The van der Waals surface area contributed by atoms with Gasteiger partial charge in [0.15, 0.2) is 11.5 Å². The number of rotatable bonds is 6. The number of piperidine rings is 1. The second-order valence-corrected chi connectivity index (χ2v) is 12.1. The zero-order chi connectivity index (χ0) is 25.6. The second-order valence-electron chi connectivity index (χ2n) is 10.2. The van der Waals surface area contributed by atoms with Crippen molar-refractivity contribution in [1.82, 2.24) is 4.31 Å². The number of hydrogen-bond donors (Lipinski definition) is 1. The highest BCUT2D eigenvalue weighted by Gasteiger charge is 2.51. The number of amides is 1. The molecular formula is C29H30N2O5S. The standard InChI is InChI=1S/C29H30N2O5S/c1-20-5-2-3-16-31(20)37(33,34)25-11-8-21(9-12-25)22-6-4-7-24(17-22)30-28(32)29(14-15-29)23-10-13-26-27(18-23)36-19-35-26/h4,6-13,17-18,20H,2-3,5,14-16,19H2,1H3,(H,30,32). The predicted octanol–water partition coefficient (Wildman–Crippen LogP) is 5.32. The van der Waals surface area contributed by atoms with E-state index in [1.165, 1.54) is 0 Å². The van der Waals surface area contributed by atoms with Gasteiger partial charge in [-0.2, -0.15) is 4.31 Å². The highest BCUT2D eigenvalue weighted by Crippen LogP contribution is 2.51. The number of hydrogen-bond acceptors (Lipinski definition) is 5. The topological polar surface area (TPSA) is 84.9 Å². The summed E-state index contributed by atoms with van der Waals surface area (Å²) >= 11 is 0. The lowest BCUT2D eigenvalue weighted by atomic mass is 9.94. The number of sulfonamides is 1. The lowest BCUT2D eigenvalue weighted by Crippen LogP contribution is -2.41. The number of ether oxygens (including phenoxy) is 2. The summed E-state index contributed by atoms with van der Waals surface area (Å²) in [5.41, 5.74) is 2.87. The van der Waals surface area contributed by atoms with Crippen LogP contribution in [0.2, 0.25) is 0 Å². The summed E-state index contributed by atoms with van der Waals surface area (Å²) in [6.45, 7) is 2.75. The van der Waals surface area contributed by atoms with Gasteiger partial charge in [-0.1, -0.05) is 36.8 Å². The Labute approximate surface area is 217 Å². The molecule has 1 saturated carbocycles. The first-order valence-electron chi connectivity index (χ1n) is 12.8. The summed E-state index contributed by atoms with van der Waals surface area (Å²) in [4.78, 5) is 13.6. The number of benzene rings is 3. The van der Waals surface area contributed by atoms with Crippen LogP contribution in [0.5, 0.6) is 11.5 Å². The molecule has 2 aliphatic heterocycles. The Bertz CT molecular complexity index is 1450. The van der Waals surface area contributed by atoms with E-state index in [0.29, 0.717) is 28.6 Å². The third kappa shape index (κ3) is 4.38. The SMILES string of the molecule is CC1CCCCN1S(=O)(=O)c1ccc(-c2cccc(NC(=O)C3(c4ccc5c(c4)OCO5)CC3)c2)cc1. The van der Waals surface area contributed by atoms with Crippen molar-refractivity contribution in [3.8, 4) is 22.6 Å². The van der Waals surface area contributed by atoms with Crippen molar-refractivity contribution >= 4 is 21.6 Å². The van der Waals surface area contributed by atoms with Gasteiger partial charge in [-0.25, -0.2) is 8.42 Å². The maximum atomic E-state index is 13.3. The number of anilines is 1. The maximum Gasteiger partial charge on any atom is 0.243 e. The van der Waals surface area contributed by atoms with Crippen LogP contribution in [0.15, 0.2) is 71.6 Å². The van der Waals surface area contributed by atoms with E-state index in [4.69, 9.17) is 9.47 Å². The van der Waals surface area contributed by atoms with Gasteiger partial charge in [0.1, 0.15) is 0 Å². The molecule has 0 bridgehead atoms. The molecule has 1 amide bonds. The Hall–Kier alpha value is -3.36. The van der Waals surface area contributed by atoms with Gasteiger partial charge in [0.05, 0.1) is 10.3 Å². The van der Waals surface area contributed by atoms with Crippen LogP contribution in [0, 0.1) is 0 Å². The molecule has 1 unspecified atom stereocenters. The van der Waals surface area contributed by atoms with Crippen LogP contribution in [0.1, 0.15) is 44.6 Å². The van der Waals surface area contributed by atoms with Gasteiger partial charge < -0.3 is 14.8 Å². The Balaban J connectivity index is 1.19. The van der Waals surface area contributed by atoms with Crippen LogP contribution < -0.4 is 14.8 Å². The first-order valence-corrected chi connectivity index (χ1v) is 14.2. The van der Waals surface area contributed by atoms with Crippen molar-refractivity contribution in [2.75, 3.05) is 18.7 Å². The highest BCUT2D eigenvalue weighted by atomic mass is 32.2. The molecule has 192 valence electrons. The lowest BCUT2D eigenvalue weighted by molar-refractivity contribution is -0.118. The summed E-state index contributed by atoms with van der Waals surface area (Å²) in [6.07, 6.45) is 4.42. The minimum absolute atomic E-state index is 0.0196. The van der Waals surface area contributed by atoms with Crippen molar-refractivity contribution in [2.24, 2.45) is 0 Å². The molecule has 1 atom stereocenters. The molecular weight excluding hydrogens is 488 g/mol. The molecule has 1 saturated heterocycles. The summed E-state index contributed by atoms with van der Waals surface area (Å²) in [7, 11) is -3.51. The average Bonchev–Trinajstić information content (AvgIpc) is 3.60. The minimum Gasteiger partial charge on any atom is -0.454 e. The van der Waals surface area contributed by atoms with E-state index in [0.717, 1.165) is 48.8 Å². The minimum atomic E-state index is -3.51. The van der Waals surface area contributed by atoms with Gasteiger partial charge in [-0.05, 0) is 85.7 Å². The van der Waals surface area contributed by atoms with E-state index in [9.17, 15) is 13.2 Å². The quantitative estimate of drug-likeness (QED) is 0.478. The monoisotopic (exact) mass is 518 g/mol. The molecule has 7 nitrogen and oxygen atoms in total. The maximum absolute atomic E-state index is 13.3. The summed E-state index contributed by atoms with van der Waals surface area (Å²) in [5, 5.41) is 3.09. The molecule has 0 aromatic heterocycles. The van der Waals surface area contributed by atoms with Gasteiger partial charge in [-0.3, -0.25) is 4.79 Å². The molecule has 1 aliphatic carbocycles. The third-order valence-corrected chi connectivity index (χ3v) is 9.79. The smallest absolute Gasteiger partial charge is 0.243 e. The normalized spacial score (nSPS) is 20.4. The summed E-state index contributed by atoms with van der Waals surface area (Å²) in [6, 6.07) is 20.4. The van der Waals surface area contributed by atoms with Crippen LogP contribution >= 0.6 is 0 Å². The molecule has 37 heavy (non-hydrogen) atoms. The van der Waals surface area contributed by atoms with Crippen LogP contribution in [-0.2, 0) is 20.2 Å². The van der Waals surface area contributed by atoms with E-state index >= 15 is 0 Å². The van der Waals surface area contributed by atoms with Crippen LogP contribution in [0.3, 0.4) is 0 Å². The Morgan fingerprint density at radius 3 is 2.49 bits per heavy atom. The average molecular weight is 519 g/mol. The van der Waals surface area contributed by atoms with Gasteiger partial charge >= 0.3 is 0 Å². The van der Waals surface area contributed by atoms with Gasteiger partial charge in [-0.15, -0.1) is 0 Å². The molecule has 1 N–H and O–H groups in total. The molecule has 2 fully saturated rings. The van der Waals surface area contributed by atoms with Crippen LogP contribution in [0.4, 0.5) is 5.69 Å². The van der Waals surface area contributed by atoms with E-state index in [-0.39, 0.29) is 18.7 Å². The molecule has 8 heteroatoms. The Kier molecular flexibility index (Phi) is 5.96. The molecule has 0 spiro atoms. The molecule has 3 aromatic carbocycles. The molecule has 0 radical (unpaired) electrons. The lowest BCUT2D eigenvalue weighted by Gasteiger charge is -2.32. The third-order valence-electron chi connectivity index (χ3n) is 7.77. The van der Waals surface area contributed by atoms with Crippen molar-refractivity contribution < 1.29 is 22.7 Å². The van der Waals surface area contributed by atoms with Crippen molar-refractivity contribution in [2.45, 2.75) is 55.4 Å². The zero-order valence-electron chi connectivity index (χ0n) is 20.8. The highest BCUT2D eigenvalue weighted by molar-refractivity contribution is 7.89. The van der Waals surface area contributed by atoms with Crippen molar-refractivity contribution in [3.63, 3.8) is 0 Å². The first kappa shape index (κ1) is 24.0. The van der Waals surface area contributed by atoms with E-state index in [1.807, 2.05) is 61.5 Å². The largest absolute Gasteiger partial charge is 0.454 e. The van der Waals surface area contributed by atoms with E-state index < -0.39 is 15.4 Å². The zero-order valence-corrected chi connectivity index (χ0v) is 21.6. The number of nitrogens with zero attached hydrogens (tertiary/aromatic N) is 1. The van der Waals surface area contributed by atoms with E-state index in [1.54, 1.807) is 16.4 Å². The molecule has 2 heterocycles. The summed E-state index contributed by atoms with van der Waals surface area (Å²) < 4.78 is 38.8. The predicted molar refractivity (Wildman–Crippen MR) is 141 cm³/mol. The number of nitrogens with one attached hydrogen (secondary N) is 1. The van der Waals surface area contributed by atoms with Crippen molar-refractivity contribution in [1.29, 1.82) is 0 Å². The Morgan fingerprint density at radius 2 is 1.73 bits per heavy atom. The number of carbonyl (C=O) groups excluding carboxylic acids is 1. The first-order chi connectivity index (χ1) is 17.9. The molecule has 6 rings (SSSR count). The van der Waals surface area contributed by atoms with Crippen molar-refractivity contribution in [3.05, 3.63) is 72.3 Å². The van der Waals surface area contributed by atoms with Gasteiger partial charge in [0.2, 0.25) is 22.7 Å². The fraction of sp³-hybridized carbons (Fsp3) is 0.345. The van der Waals surface area contributed by atoms with Crippen LogP contribution in [-0.4, -0.2) is 38.0 Å². The number of carbonyl (C=O) groups is 1. The molecule has 3 aromatic rings. The fourth-order valence-corrected chi connectivity index (χ4v) is 7.08. The number of fused-ring (bicyclic) bond motifs is 1. The second kappa shape index (κ2) is 9.19. The van der Waals surface area contributed by atoms with E-state index in [2.05, 4.69) is 5.32 Å². The van der Waals surface area contributed by atoms with Gasteiger partial charge in [0.25, 0.3) is 0 Å². The van der Waals surface area contributed by atoms with Crippen LogP contribution in [0.25, 0.3) is 11.1 Å². The Morgan fingerprint density at radius 1 is 0.946 bits per heavy atom.